The second-order valence-corrected chi connectivity index (χ2v) is 41.6. The van der Waals surface area contributed by atoms with E-state index in [4.69, 9.17) is 37.9 Å². The zero-order valence-electron chi connectivity index (χ0n) is 76.6. The van der Waals surface area contributed by atoms with Gasteiger partial charge in [-0.3, -0.25) is 0 Å². The van der Waals surface area contributed by atoms with Crippen LogP contribution in [-0.2, 0) is 27.6 Å². The van der Waals surface area contributed by atoms with Crippen molar-refractivity contribution in [3.05, 3.63) is 251 Å². The van der Waals surface area contributed by atoms with Crippen molar-refractivity contribution in [2.75, 3.05) is 73.9 Å². The molecule has 4 N–H and O–H groups in total. The van der Waals surface area contributed by atoms with E-state index >= 15 is 0 Å². The number of para-hydroxylation sites is 1. The van der Waals surface area contributed by atoms with Gasteiger partial charge in [0.1, 0.15) is 63.2 Å². The third-order valence-electron chi connectivity index (χ3n) is 28.6. The van der Waals surface area contributed by atoms with Crippen LogP contribution in [0.4, 0.5) is 5.69 Å². The highest BCUT2D eigenvalue weighted by atomic mass is 16.5. The fourth-order valence-electron chi connectivity index (χ4n) is 26.3. The Morgan fingerprint density at radius 2 is 0.619 bits per heavy atom. The first-order valence-corrected chi connectivity index (χ1v) is 44.8. The lowest BCUT2D eigenvalue weighted by molar-refractivity contribution is 0.0641. The molecule has 20 rings (SSSR count). The van der Waals surface area contributed by atoms with Crippen molar-refractivity contribution in [2.45, 2.75) is 164 Å². The average Bonchev–Trinajstić information content (AvgIpc) is 1.54. The Morgan fingerprint density at radius 1 is 0.286 bits per heavy atom. The lowest BCUT2D eigenvalue weighted by Crippen LogP contribution is -2.43. The first-order chi connectivity index (χ1) is 60.1. The van der Waals surface area contributed by atoms with Crippen LogP contribution in [0, 0.1) is 32.5 Å². The van der Waals surface area contributed by atoms with Gasteiger partial charge in [-0.2, -0.15) is 0 Å². The highest BCUT2D eigenvalue weighted by Gasteiger charge is 2.57. The van der Waals surface area contributed by atoms with E-state index in [0.717, 1.165) is 146 Å². The molecular weight excluding hydrogens is 1560 g/mol. The van der Waals surface area contributed by atoms with E-state index in [-0.39, 0.29) is 66.8 Å². The van der Waals surface area contributed by atoms with Gasteiger partial charge in [-0.25, -0.2) is 0 Å². The minimum Gasteiger partial charge on any atom is -0.507 e. The molecule has 1 heterocycles. The highest BCUT2D eigenvalue weighted by molar-refractivity contribution is 6.12. The first-order valence-electron chi connectivity index (χ1n) is 44.8. The highest BCUT2D eigenvalue weighted by Crippen LogP contribution is 2.70. The predicted octanol–water partition coefficient (Wildman–Crippen LogP) is 27.3. The number of benzene rings is 13. The predicted molar refractivity (Wildman–Crippen MR) is 511 cm³/mol. The van der Waals surface area contributed by atoms with Gasteiger partial charge < -0.3 is 63.2 Å². The summed E-state index contributed by atoms with van der Waals surface area (Å²) in [6.07, 6.45) is 9.79. The van der Waals surface area contributed by atoms with E-state index in [1.54, 1.807) is 42.7 Å². The number of hydrogen-bond donors (Lipinski definition) is 4. The normalized spacial score (nSPS) is 18.4. The Hall–Kier alpha value is -11.6. The second-order valence-electron chi connectivity index (χ2n) is 41.6. The quantitative estimate of drug-likeness (QED) is 0.0865. The second kappa shape index (κ2) is 31.4. The first kappa shape index (κ1) is 85.2. The van der Waals surface area contributed by atoms with Gasteiger partial charge in [0.05, 0.1) is 62.5 Å². The van der Waals surface area contributed by atoms with Gasteiger partial charge in [0.15, 0.2) is 0 Å². The number of aliphatic hydroxyl groups excluding tert-OH is 1. The molecule has 13 aromatic carbocycles. The molecule has 7 aliphatic rings. The molecule has 1 saturated heterocycles. The molecule has 0 amide bonds. The van der Waals surface area contributed by atoms with Crippen molar-refractivity contribution in [1.29, 1.82) is 0 Å². The topological polar surface area (TPSA) is 158 Å². The Labute approximate surface area is 743 Å². The standard InChI is InChI=1S/C40H40O4.C38H43NO4.C35H38O4/c1-38(2)22-39(3,4)24-40(23-38)32-15-11-10-14-28(32)37-31-20-36(44-25-12-8-7-9-13-25)30(19-29(31)34(41)21-33(37)40)27-17-16-26(42-5)18-35(27)43-6;1-36(2)21-37(3,4)23-38(22-36)30-10-8-7-9-26(30)35-29-19-32(39-13-15-43-16-14-39)27(18-28(29)33(40)20-31(35)38)25-12-11-24(41-5)17-34(25)42-6;1-33(2)18-34(3,4)20-35(19-33)28-10-8-7-9-24(28)32-27-13-21(17-36)25(15-26(27)30(37)16-29(32)35)23-12-11-22(38-5)14-31(23)39-6/h7-21,41H,22-24H2,1-6H3;7-12,17-20,40H,13-16,21-23H2,1-6H3;7-16,36-37H,17-20H2,1-6H3. The molecule has 1 aliphatic heterocycles. The molecule has 13 heteroatoms. The lowest BCUT2D eigenvalue weighted by Gasteiger charge is -2.51. The van der Waals surface area contributed by atoms with Gasteiger partial charge >= 0.3 is 0 Å². The van der Waals surface area contributed by atoms with E-state index in [9.17, 15) is 20.4 Å². The van der Waals surface area contributed by atoms with Gasteiger partial charge in [-0.1, -0.05) is 174 Å². The van der Waals surface area contributed by atoms with E-state index in [2.05, 4.69) is 209 Å². The molecule has 13 nitrogen and oxygen atoms in total. The average molecular weight is 1690 g/mol. The third kappa shape index (κ3) is 14.7. The number of aromatic hydroxyl groups is 3. The summed E-state index contributed by atoms with van der Waals surface area (Å²) in [5.41, 5.74) is 23.1. The van der Waals surface area contributed by atoms with E-state index in [0.29, 0.717) is 47.7 Å². The van der Waals surface area contributed by atoms with Crippen molar-refractivity contribution < 1.29 is 58.3 Å². The number of aliphatic hydroxyl groups is 1. The number of ether oxygens (including phenoxy) is 8. The minimum absolute atomic E-state index is 0.127. The van der Waals surface area contributed by atoms with E-state index in [1.165, 1.54) is 86.0 Å². The van der Waals surface area contributed by atoms with Gasteiger partial charge in [-0.15, -0.1) is 0 Å². The summed E-state index contributed by atoms with van der Waals surface area (Å²) in [5, 5.41) is 51.4. The summed E-state index contributed by atoms with van der Waals surface area (Å²) >= 11 is 0. The number of phenols is 3. The van der Waals surface area contributed by atoms with Crippen LogP contribution in [0.2, 0.25) is 0 Å². The summed E-state index contributed by atoms with van der Waals surface area (Å²) in [7, 11) is 9.92. The molecular formula is C113H121NO12. The largest absolute Gasteiger partial charge is 0.507 e. The number of anilines is 1. The number of fused-ring (bicyclic) bond motifs is 21. The Bertz CT molecular complexity index is 6430. The van der Waals surface area contributed by atoms with Crippen LogP contribution in [-0.4, -0.2) is 89.4 Å². The van der Waals surface area contributed by atoms with Gasteiger partial charge in [0.2, 0.25) is 0 Å². The zero-order chi connectivity index (χ0) is 88.7. The maximum absolute atomic E-state index is 11.9. The van der Waals surface area contributed by atoms with Crippen molar-refractivity contribution in [3.63, 3.8) is 0 Å². The van der Waals surface area contributed by atoms with Crippen LogP contribution in [0.3, 0.4) is 0 Å². The fraction of sp³-hybridized carbons (Fsp3) is 0.363. The fourth-order valence-corrected chi connectivity index (χ4v) is 26.3. The Kier molecular flexibility index (Phi) is 21.2. The van der Waals surface area contributed by atoms with Gasteiger partial charge in [0, 0.05) is 97.2 Å². The number of hydrogen-bond acceptors (Lipinski definition) is 13. The Morgan fingerprint density at radius 3 is 0.992 bits per heavy atom. The summed E-state index contributed by atoms with van der Waals surface area (Å²) in [5.74, 6) is 6.54. The van der Waals surface area contributed by atoms with Crippen molar-refractivity contribution in [1.82, 2.24) is 0 Å². The zero-order valence-corrected chi connectivity index (χ0v) is 76.6. The summed E-state index contributed by atoms with van der Waals surface area (Å²) in [6.45, 7) is 31.7. The minimum atomic E-state index is -0.179. The van der Waals surface area contributed by atoms with Gasteiger partial charge in [0.25, 0.3) is 0 Å². The monoisotopic (exact) mass is 1680 g/mol. The maximum atomic E-state index is 11.9. The molecule has 3 spiro atoms. The maximum Gasteiger partial charge on any atom is 0.136 e. The summed E-state index contributed by atoms with van der Waals surface area (Å²) in [6, 6.07) is 72.8. The number of phenolic OH excluding ortho intramolecular Hbond substituents is 3. The van der Waals surface area contributed by atoms with Crippen molar-refractivity contribution in [2.24, 2.45) is 32.5 Å². The number of nitrogens with zero attached hydrogens (tertiary/aromatic N) is 1. The molecule has 0 aromatic heterocycles. The molecule has 650 valence electrons. The molecule has 0 radical (unpaired) electrons. The number of rotatable bonds is 13. The molecule has 3 saturated carbocycles. The SMILES string of the molecule is COc1ccc(-c2cc3c(O)cc4c(c3cc2CO)-c2ccccc2C42CC(C)(C)CC(C)(C)C2)c(OC)c1.COc1ccc(-c2cc3c(O)cc4c(c3cc2N2CCOCC2)-c2ccccc2C42CC(C)(C)CC(C)(C)C2)c(OC)c1.COc1ccc(-c2cc3c(O)cc4c(c3cc2Oc2ccccc2)-c2ccccc2C42CC(C)(C)CC(C)(C)C2)c(OC)c1. The number of morpholine rings is 1. The molecule has 126 heavy (non-hydrogen) atoms. The summed E-state index contributed by atoms with van der Waals surface area (Å²) < 4.78 is 46.2. The molecule has 0 bridgehead atoms. The number of methoxy groups -OCH3 is 6. The lowest BCUT2D eigenvalue weighted by atomic mass is 9.52. The van der Waals surface area contributed by atoms with Gasteiger partial charge in [-0.05, 0) is 287 Å². The van der Waals surface area contributed by atoms with E-state index < -0.39 is 0 Å². The van der Waals surface area contributed by atoms with Crippen LogP contribution < -0.4 is 38.1 Å². The molecule has 6 aliphatic carbocycles. The summed E-state index contributed by atoms with van der Waals surface area (Å²) in [4.78, 5) is 2.42. The van der Waals surface area contributed by atoms with Crippen molar-refractivity contribution >= 4 is 38.0 Å². The Balaban J connectivity index is 0.000000128. The van der Waals surface area contributed by atoms with Crippen LogP contribution in [0.15, 0.2) is 212 Å². The molecule has 4 fully saturated rings. The smallest absolute Gasteiger partial charge is 0.136 e. The molecule has 13 aromatic rings. The molecule has 0 atom stereocenters. The van der Waals surface area contributed by atoms with E-state index in [1.807, 2.05) is 91.0 Å². The van der Waals surface area contributed by atoms with Crippen LogP contribution >= 0.6 is 0 Å². The van der Waals surface area contributed by atoms with Crippen LogP contribution in [0.25, 0.3) is 99.1 Å². The molecule has 0 unspecified atom stereocenters. The van der Waals surface area contributed by atoms with Crippen LogP contribution in [0.1, 0.15) is 180 Å². The third-order valence-corrected chi connectivity index (χ3v) is 28.6. The van der Waals surface area contributed by atoms with Crippen LogP contribution in [0.5, 0.6) is 63.2 Å². The van der Waals surface area contributed by atoms with Crippen molar-refractivity contribution in [3.8, 4) is 130 Å².